The Bertz CT molecular complexity index is 925. The third-order valence-electron chi connectivity index (χ3n) is 4.08. The molecule has 0 aliphatic carbocycles. The molecule has 3 rings (SSSR count). The topological polar surface area (TPSA) is 73.3 Å². The number of nitrogens with one attached hydrogen (secondary N) is 1. The lowest BCUT2D eigenvalue weighted by Gasteiger charge is -2.10. The van der Waals surface area contributed by atoms with E-state index < -0.39 is 0 Å². The van der Waals surface area contributed by atoms with E-state index in [9.17, 15) is 4.79 Å². The summed E-state index contributed by atoms with van der Waals surface area (Å²) < 4.78 is 10.6. The minimum absolute atomic E-state index is 0.106. The summed E-state index contributed by atoms with van der Waals surface area (Å²) in [6.45, 7) is 2.38. The number of pyridine rings is 1. The number of amides is 1. The zero-order chi connectivity index (χ0) is 19.2. The van der Waals surface area contributed by atoms with Gasteiger partial charge in [-0.25, -0.2) is 4.98 Å². The van der Waals surface area contributed by atoms with E-state index in [0.29, 0.717) is 29.3 Å². The first-order valence-electron chi connectivity index (χ1n) is 8.49. The summed E-state index contributed by atoms with van der Waals surface area (Å²) in [5, 5.41) is 3.79. The standard InChI is InChI=1S/C20H21N3O3S/c1-13-18(27-20(23-13)15-7-9-21-10-8-15)19(24)22-11-6-14-4-5-16(25-2)17(12-14)26-3/h4-5,7-10,12H,6,11H2,1-3H3,(H,22,24). The van der Waals surface area contributed by atoms with Crippen LogP contribution in [0.15, 0.2) is 42.7 Å². The van der Waals surface area contributed by atoms with E-state index in [1.807, 2.05) is 37.3 Å². The van der Waals surface area contributed by atoms with Crippen molar-refractivity contribution in [1.82, 2.24) is 15.3 Å². The van der Waals surface area contributed by atoms with Crippen LogP contribution in [0.25, 0.3) is 10.6 Å². The predicted molar refractivity (Wildman–Crippen MR) is 106 cm³/mol. The number of carbonyl (C=O) groups excluding carboxylic acids is 1. The fraction of sp³-hybridized carbons (Fsp3) is 0.250. The maximum absolute atomic E-state index is 12.5. The summed E-state index contributed by atoms with van der Waals surface area (Å²) >= 11 is 1.39. The maximum atomic E-state index is 12.5. The van der Waals surface area contributed by atoms with Gasteiger partial charge in [0, 0.05) is 24.5 Å². The Kier molecular flexibility index (Phi) is 6.03. The van der Waals surface area contributed by atoms with Crippen LogP contribution in [0.1, 0.15) is 20.9 Å². The van der Waals surface area contributed by atoms with Gasteiger partial charge in [0.2, 0.25) is 0 Å². The van der Waals surface area contributed by atoms with Gasteiger partial charge in [-0.2, -0.15) is 0 Å². The number of ether oxygens (including phenoxy) is 2. The molecule has 0 spiro atoms. The van der Waals surface area contributed by atoms with E-state index in [1.54, 1.807) is 26.6 Å². The Labute approximate surface area is 162 Å². The van der Waals surface area contributed by atoms with Crippen molar-refractivity contribution in [2.45, 2.75) is 13.3 Å². The molecule has 1 aromatic carbocycles. The van der Waals surface area contributed by atoms with Gasteiger partial charge in [-0.05, 0) is 43.2 Å². The van der Waals surface area contributed by atoms with Gasteiger partial charge in [0.15, 0.2) is 11.5 Å². The molecule has 140 valence electrons. The number of hydrogen-bond donors (Lipinski definition) is 1. The first kappa shape index (κ1) is 18.8. The van der Waals surface area contributed by atoms with Gasteiger partial charge in [-0.1, -0.05) is 6.07 Å². The van der Waals surface area contributed by atoms with Crippen LogP contribution < -0.4 is 14.8 Å². The molecule has 0 saturated heterocycles. The van der Waals surface area contributed by atoms with Gasteiger partial charge in [0.05, 0.1) is 19.9 Å². The average Bonchev–Trinajstić information content (AvgIpc) is 3.10. The van der Waals surface area contributed by atoms with E-state index in [1.165, 1.54) is 11.3 Å². The number of aryl methyl sites for hydroxylation is 1. The monoisotopic (exact) mass is 383 g/mol. The second-order valence-electron chi connectivity index (χ2n) is 5.86. The molecule has 1 amide bonds. The Balaban J connectivity index is 1.62. The lowest BCUT2D eigenvalue weighted by atomic mass is 10.1. The van der Waals surface area contributed by atoms with Crippen molar-refractivity contribution in [2.75, 3.05) is 20.8 Å². The molecule has 0 aliphatic heterocycles. The molecule has 0 radical (unpaired) electrons. The van der Waals surface area contributed by atoms with E-state index >= 15 is 0 Å². The summed E-state index contributed by atoms with van der Waals surface area (Å²) in [5.41, 5.74) is 2.75. The highest BCUT2D eigenvalue weighted by Crippen LogP contribution is 2.28. The van der Waals surface area contributed by atoms with Crippen LogP contribution in [-0.2, 0) is 6.42 Å². The predicted octanol–water partition coefficient (Wildman–Crippen LogP) is 3.50. The molecule has 0 aliphatic rings. The quantitative estimate of drug-likeness (QED) is 0.676. The molecule has 2 heterocycles. The van der Waals surface area contributed by atoms with Crippen molar-refractivity contribution in [2.24, 2.45) is 0 Å². The third kappa shape index (κ3) is 4.43. The molecule has 0 bridgehead atoms. The van der Waals surface area contributed by atoms with E-state index in [0.717, 1.165) is 21.8 Å². The summed E-state index contributed by atoms with van der Waals surface area (Å²) in [7, 11) is 3.21. The van der Waals surface area contributed by atoms with Gasteiger partial charge in [0.1, 0.15) is 9.88 Å². The van der Waals surface area contributed by atoms with Crippen LogP contribution in [0.3, 0.4) is 0 Å². The number of hydrogen-bond acceptors (Lipinski definition) is 6. The number of benzene rings is 1. The van der Waals surface area contributed by atoms with Crippen LogP contribution in [-0.4, -0.2) is 36.6 Å². The third-order valence-corrected chi connectivity index (χ3v) is 5.28. The Morgan fingerprint density at radius 3 is 2.56 bits per heavy atom. The normalized spacial score (nSPS) is 10.5. The number of aromatic nitrogens is 2. The minimum Gasteiger partial charge on any atom is -0.493 e. The molecule has 27 heavy (non-hydrogen) atoms. The summed E-state index contributed by atoms with van der Waals surface area (Å²) in [6.07, 6.45) is 4.13. The van der Waals surface area contributed by atoms with Crippen molar-refractivity contribution in [1.29, 1.82) is 0 Å². The van der Waals surface area contributed by atoms with Crippen LogP contribution in [0.5, 0.6) is 11.5 Å². The Morgan fingerprint density at radius 1 is 1.11 bits per heavy atom. The largest absolute Gasteiger partial charge is 0.493 e. The fourth-order valence-electron chi connectivity index (χ4n) is 2.66. The highest BCUT2D eigenvalue weighted by Gasteiger charge is 2.16. The second kappa shape index (κ2) is 8.64. The lowest BCUT2D eigenvalue weighted by Crippen LogP contribution is -2.25. The molecule has 0 saturated carbocycles. The van der Waals surface area contributed by atoms with Crippen LogP contribution in [0, 0.1) is 6.92 Å². The zero-order valence-electron chi connectivity index (χ0n) is 15.5. The number of thiazole rings is 1. The molecular weight excluding hydrogens is 362 g/mol. The van der Waals surface area contributed by atoms with Crippen LogP contribution >= 0.6 is 11.3 Å². The molecule has 6 nitrogen and oxygen atoms in total. The molecule has 0 atom stereocenters. The molecule has 3 aromatic rings. The molecule has 7 heteroatoms. The highest BCUT2D eigenvalue weighted by molar-refractivity contribution is 7.17. The molecule has 1 N–H and O–H groups in total. The molecular formula is C20H21N3O3S. The zero-order valence-corrected chi connectivity index (χ0v) is 16.3. The van der Waals surface area contributed by atoms with Gasteiger partial charge in [-0.3, -0.25) is 9.78 Å². The van der Waals surface area contributed by atoms with Gasteiger partial charge >= 0.3 is 0 Å². The van der Waals surface area contributed by atoms with E-state index in [-0.39, 0.29) is 5.91 Å². The van der Waals surface area contributed by atoms with Crippen molar-refractivity contribution < 1.29 is 14.3 Å². The van der Waals surface area contributed by atoms with E-state index in [2.05, 4.69) is 15.3 Å². The first-order valence-corrected chi connectivity index (χ1v) is 9.31. The number of rotatable bonds is 7. The van der Waals surface area contributed by atoms with Crippen LogP contribution in [0.2, 0.25) is 0 Å². The molecule has 0 fully saturated rings. The molecule has 0 unspecified atom stereocenters. The summed E-state index contributed by atoms with van der Waals surface area (Å²) in [6, 6.07) is 9.52. The fourth-order valence-corrected chi connectivity index (χ4v) is 3.65. The van der Waals surface area contributed by atoms with Crippen molar-refractivity contribution in [3.63, 3.8) is 0 Å². The van der Waals surface area contributed by atoms with Gasteiger partial charge in [-0.15, -0.1) is 11.3 Å². The van der Waals surface area contributed by atoms with Crippen molar-refractivity contribution in [3.8, 4) is 22.1 Å². The van der Waals surface area contributed by atoms with Gasteiger partial charge in [0.25, 0.3) is 5.91 Å². The summed E-state index contributed by atoms with van der Waals surface area (Å²) in [5.74, 6) is 1.27. The SMILES string of the molecule is COc1ccc(CCNC(=O)c2sc(-c3ccncc3)nc2C)cc1OC. The van der Waals surface area contributed by atoms with Gasteiger partial charge < -0.3 is 14.8 Å². The lowest BCUT2D eigenvalue weighted by molar-refractivity contribution is 0.0957. The minimum atomic E-state index is -0.106. The molecule has 2 aromatic heterocycles. The Hall–Kier alpha value is -2.93. The Morgan fingerprint density at radius 2 is 1.85 bits per heavy atom. The van der Waals surface area contributed by atoms with Crippen LogP contribution in [0.4, 0.5) is 0 Å². The number of nitrogens with zero attached hydrogens (tertiary/aromatic N) is 2. The maximum Gasteiger partial charge on any atom is 0.263 e. The first-order chi connectivity index (χ1) is 13.1. The van der Waals surface area contributed by atoms with Crippen molar-refractivity contribution >= 4 is 17.2 Å². The highest BCUT2D eigenvalue weighted by atomic mass is 32.1. The smallest absolute Gasteiger partial charge is 0.263 e. The average molecular weight is 383 g/mol. The number of methoxy groups -OCH3 is 2. The van der Waals surface area contributed by atoms with Crippen molar-refractivity contribution in [3.05, 3.63) is 58.9 Å². The summed E-state index contributed by atoms with van der Waals surface area (Å²) in [4.78, 5) is 21.7. The van der Waals surface area contributed by atoms with E-state index in [4.69, 9.17) is 9.47 Å². The number of carbonyl (C=O) groups is 1. The second-order valence-corrected chi connectivity index (χ2v) is 6.86.